The van der Waals surface area contributed by atoms with Crippen LogP contribution in [0.25, 0.3) is 6.08 Å². The van der Waals surface area contributed by atoms with Crippen molar-refractivity contribution in [1.82, 2.24) is 0 Å². The maximum atomic E-state index is 12.5. The molecule has 21 heavy (non-hydrogen) atoms. The predicted molar refractivity (Wildman–Crippen MR) is 88.7 cm³/mol. The second-order valence-corrected chi connectivity index (χ2v) is 5.91. The third-order valence-electron chi connectivity index (χ3n) is 3.01. The van der Waals surface area contributed by atoms with Crippen LogP contribution in [-0.2, 0) is 4.79 Å². The molecule has 104 valence electrons. The molecule has 0 aliphatic carbocycles. The Morgan fingerprint density at radius 1 is 1.05 bits per heavy atom. The van der Waals surface area contributed by atoms with Crippen LogP contribution >= 0.6 is 23.4 Å². The van der Waals surface area contributed by atoms with Crippen LogP contribution < -0.4 is 4.90 Å². The third kappa shape index (κ3) is 2.86. The van der Waals surface area contributed by atoms with Crippen molar-refractivity contribution in [2.45, 2.75) is 0 Å². The number of halogens is 1. The fraction of sp³-hybridized carbons (Fsp3) is 0. The van der Waals surface area contributed by atoms with Gasteiger partial charge in [0.25, 0.3) is 5.91 Å². The highest BCUT2D eigenvalue weighted by Crippen LogP contribution is 2.35. The van der Waals surface area contributed by atoms with Crippen molar-refractivity contribution in [3.63, 3.8) is 0 Å². The molecule has 0 atom stereocenters. The minimum Gasteiger partial charge on any atom is -0.278 e. The summed E-state index contributed by atoms with van der Waals surface area (Å²) in [5, 5.41) is 8.88. The van der Waals surface area contributed by atoms with Gasteiger partial charge in [0.15, 0.2) is 5.17 Å². The summed E-state index contributed by atoms with van der Waals surface area (Å²) in [4.78, 5) is 14.4. The van der Waals surface area contributed by atoms with E-state index >= 15 is 0 Å². The SMILES string of the molecule is N=C1S/C(=C\c2ccc(Cl)cc2)C(=O)N1c1ccccc1. The molecule has 2 aromatic carbocycles. The molecule has 0 radical (unpaired) electrons. The summed E-state index contributed by atoms with van der Waals surface area (Å²) < 4.78 is 0. The van der Waals surface area contributed by atoms with E-state index in [1.165, 1.54) is 4.90 Å². The zero-order valence-corrected chi connectivity index (χ0v) is 12.5. The first-order valence-electron chi connectivity index (χ1n) is 6.28. The number of nitrogens with one attached hydrogen (secondary N) is 1. The molecule has 0 bridgehead atoms. The van der Waals surface area contributed by atoms with E-state index in [0.717, 1.165) is 17.3 Å². The Morgan fingerprint density at radius 3 is 2.38 bits per heavy atom. The number of carbonyl (C=O) groups is 1. The largest absolute Gasteiger partial charge is 0.278 e. The average molecular weight is 315 g/mol. The van der Waals surface area contributed by atoms with Crippen LogP contribution in [0.1, 0.15) is 5.56 Å². The predicted octanol–water partition coefficient (Wildman–Crippen LogP) is 4.40. The molecule has 3 nitrogen and oxygen atoms in total. The lowest BCUT2D eigenvalue weighted by Gasteiger charge is -2.13. The van der Waals surface area contributed by atoms with Crippen molar-refractivity contribution in [3.05, 3.63) is 70.1 Å². The number of amidine groups is 1. The fourth-order valence-corrected chi connectivity index (χ4v) is 3.00. The van der Waals surface area contributed by atoms with E-state index in [-0.39, 0.29) is 11.1 Å². The quantitative estimate of drug-likeness (QED) is 0.835. The average Bonchev–Trinajstić information content (AvgIpc) is 2.77. The summed E-state index contributed by atoms with van der Waals surface area (Å²) in [5.41, 5.74) is 1.59. The van der Waals surface area contributed by atoms with Crippen LogP contribution in [0.15, 0.2) is 59.5 Å². The highest BCUT2D eigenvalue weighted by atomic mass is 35.5. The number of hydrogen-bond acceptors (Lipinski definition) is 3. The highest BCUT2D eigenvalue weighted by molar-refractivity contribution is 8.19. The van der Waals surface area contributed by atoms with Crippen LogP contribution in [0.2, 0.25) is 5.02 Å². The van der Waals surface area contributed by atoms with Gasteiger partial charge in [-0.25, -0.2) is 0 Å². The van der Waals surface area contributed by atoms with Gasteiger partial charge in [-0.2, -0.15) is 0 Å². The molecular weight excluding hydrogens is 304 g/mol. The summed E-state index contributed by atoms with van der Waals surface area (Å²) in [5.74, 6) is -0.175. The molecule has 0 aromatic heterocycles. The second-order valence-electron chi connectivity index (χ2n) is 4.44. The molecule has 1 saturated heterocycles. The Morgan fingerprint density at radius 2 is 1.71 bits per heavy atom. The van der Waals surface area contributed by atoms with Gasteiger partial charge in [-0.1, -0.05) is 41.9 Å². The van der Waals surface area contributed by atoms with E-state index in [4.69, 9.17) is 17.0 Å². The number of nitrogens with zero attached hydrogens (tertiary/aromatic N) is 1. The molecule has 0 unspecified atom stereocenters. The number of anilines is 1. The number of hydrogen-bond donors (Lipinski definition) is 1. The van der Waals surface area contributed by atoms with E-state index < -0.39 is 0 Å². The van der Waals surface area contributed by atoms with Gasteiger partial charge >= 0.3 is 0 Å². The van der Waals surface area contributed by atoms with E-state index in [2.05, 4.69) is 0 Å². The smallest absolute Gasteiger partial charge is 0.271 e. The van der Waals surface area contributed by atoms with E-state index in [9.17, 15) is 4.79 Å². The van der Waals surface area contributed by atoms with E-state index in [1.54, 1.807) is 18.2 Å². The molecule has 1 fully saturated rings. The molecule has 1 aliphatic rings. The second kappa shape index (κ2) is 5.76. The Bertz CT molecular complexity index is 726. The number of amides is 1. The summed E-state index contributed by atoms with van der Waals surface area (Å²) in [6.45, 7) is 0. The summed E-state index contributed by atoms with van der Waals surface area (Å²) >= 11 is 7.01. The Labute approximate surface area is 131 Å². The molecule has 0 saturated carbocycles. The van der Waals surface area contributed by atoms with Gasteiger partial charge in [-0.3, -0.25) is 15.1 Å². The molecule has 1 amide bonds. The normalized spacial score (nSPS) is 16.8. The third-order valence-corrected chi connectivity index (χ3v) is 4.15. The standard InChI is InChI=1S/C16H11ClN2OS/c17-12-8-6-11(7-9-12)10-14-15(20)19(16(18)21-14)13-4-2-1-3-5-13/h1-10,18H/b14-10-,18-16?. The van der Waals surface area contributed by atoms with Gasteiger partial charge in [0, 0.05) is 5.02 Å². The summed E-state index contributed by atoms with van der Waals surface area (Å²) in [6, 6.07) is 16.5. The topological polar surface area (TPSA) is 44.2 Å². The molecule has 3 rings (SSSR count). The van der Waals surface area contributed by atoms with Crippen LogP contribution in [0, 0.1) is 5.41 Å². The summed E-state index contributed by atoms with van der Waals surface area (Å²) in [6.07, 6.45) is 1.78. The number of thioether (sulfide) groups is 1. The first kappa shape index (κ1) is 13.9. The lowest BCUT2D eigenvalue weighted by atomic mass is 10.2. The molecule has 1 N–H and O–H groups in total. The van der Waals surface area contributed by atoms with Crippen molar-refractivity contribution >= 4 is 46.2 Å². The Hall–Kier alpha value is -2.04. The van der Waals surface area contributed by atoms with Gasteiger partial charge in [-0.15, -0.1) is 0 Å². The number of rotatable bonds is 2. The van der Waals surface area contributed by atoms with Gasteiger partial charge < -0.3 is 0 Å². The summed E-state index contributed by atoms with van der Waals surface area (Å²) in [7, 11) is 0. The van der Waals surface area contributed by atoms with E-state index in [1.807, 2.05) is 42.5 Å². The molecule has 2 aromatic rings. The van der Waals surface area contributed by atoms with Crippen LogP contribution in [0.3, 0.4) is 0 Å². The van der Waals surface area contributed by atoms with Crippen molar-refractivity contribution in [2.24, 2.45) is 0 Å². The number of para-hydroxylation sites is 1. The number of benzene rings is 2. The molecule has 0 spiro atoms. The van der Waals surface area contributed by atoms with Crippen molar-refractivity contribution in [2.75, 3.05) is 4.90 Å². The van der Waals surface area contributed by atoms with Crippen molar-refractivity contribution < 1.29 is 4.79 Å². The maximum Gasteiger partial charge on any atom is 0.271 e. The Kier molecular flexibility index (Phi) is 3.82. The molecule has 1 aliphatic heterocycles. The van der Waals surface area contributed by atoms with Crippen molar-refractivity contribution in [3.8, 4) is 0 Å². The lowest BCUT2D eigenvalue weighted by molar-refractivity contribution is -0.113. The van der Waals surface area contributed by atoms with E-state index in [0.29, 0.717) is 15.6 Å². The number of carbonyl (C=O) groups excluding carboxylic acids is 1. The molecule has 5 heteroatoms. The van der Waals surface area contributed by atoms with Crippen molar-refractivity contribution in [1.29, 1.82) is 5.41 Å². The zero-order valence-electron chi connectivity index (χ0n) is 10.9. The van der Waals surface area contributed by atoms with Crippen LogP contribution in [-0.4, -0.2) is 11.1 Å². The Balaban J connectivity index is 1.92. The van der Waals surface area contributed by atoms with Gasteiger partial charge in [-0.05, 0) is 47.7 Å². The van der Waals surface area contributed by atoms with Gasteiger partial charge in [0.1, 0.15) is 0 Å². The first-order chi connectivity index (χ1) is 10.1. The monoisotopic (exact) mass is 314 g/mol. The highest BCUT2D eigenvalue weighted by Gasteiger charge is 2.33. The minimum atomic E-state index is -0.175. The fourth-order valence-electron chi connectivity index (χ4n) is 2.01. The zero-order chi connectivity index (χ0) is 14.8. The van der Waals surface area contributed by atoms with Crippen LogP contribution in [0.5, 0.6) is 0 Å². The molecule has 1 heterocycles. The van der Waals surface area contributed by atoms with Gasteiger partial charge in [0.2, 0.25) is 0 Å². The first-order valence-corrected chi connectivity index (χ1v) is 7.48. The van der Waals surface area contributed by atoms with Gasteiger partial charge in [0.05, 0.1) is 10.6 Å². The molecular formula is C16H11ClN2OS. The van der Waals surface area contributed by atoms with Crippen LogP contribution in [0.4, 0.5) is 5.69 Å². The maximum absolute atomic E-state index is 12.5. The minimum absolute atomic E-state index is 0.175. The lowest BCUT2D eigenvalue weighted by Crippen LogP contribution is -2.27.